The molecule has 4 rings (SSSR count). The predicted molar refractivity (Wildman–Crippen MR) is 95.0 cm³/mol. The van der Waals surface area contributed by atoms with Crippen LogP contribution in [0.15, 0.2) is 21.7 Å². The van der Waals surface area contributed by atoms with Crippen LogP contribution in [0.1, 0.15) is 58.5 Å². The van der Waals surface area contributed by atoms with Crippen molar-refractivity contribution in [3.05, 3.63) is 39.7 Å². The van der Waals surface area contributed by atoms with E-state index in [2.05, 4.69) is 5.16 Å². The third-order valence-corrected chi connectivity index (χ3v) is 5.86. The number of thioether (sulfide) groups is 1. The van der Waals surface area contributed by atoms with Gasteiger partial charge in [0, 0.05) is 30.6 Å². The number of nitrogens with zero attached hydrogens (tertiary/aromatic N) is 1. The Labute approximate surface area is 155 Å². The molecule has 1 aromatic heterocycles. The Kier molecular flexibility index (Phi) is 4.52. The molecule has 0 bridgehead atoms. The van der Waals surface area contributed by atoms with E-state index in [9.17, 15) is 4.79 Å². The summed E-state index contributed by atoms with van der Waals surface area (Å²) in [5.74, 6) is 1.53. The van der Waals surface area contributed by atoms with Gasteiger partial charge in [-0.3, -0.25) is 4.79 Å². The number of fused-ring (bicyclic) bond motifs is 1. The number of carbonyl (C=O) groups is 1. The van der Waals surface area contributed by atoms with Crippen molar-refractivity contribution >= 4 is 29.1 Å². The smallest absolute Gasteiger partial charge is 0.199 e. The van der Waals surface area contributed by atoms with Crippen LogP contribution in [0.4, 0.5) is 0 Å². The zero-order chi connectivity index (χ0) is 17.6. The lowest BCUT2D eigenvalue weighted by molar-refractivity contribution is 0.0623. The topological polar surface area (TPSA) is 61.6 Å². The lowest BCUT2D eigenvalue weighted by Gasteiger charge is -2.28. The molecule has 0 spiro atoms. The number of methoxy groups -OCH3 is 1. The lowest BCUT2D eigenvalue weighted by atomic mass is 9.95. The van der Waals surface area contributed by atoms with Crippen LogP contribution >= 0.6 is 23.4 Å². The first-order valence-corrected chi connectivity index (χ1v) is 9.81. The summed E-state index contributed by atoms with van der Waals surface area (Å²) in [6, 6.07) is 1.80. The Bertz CT molecular complexity index is 831. The van der Waals surface area contributed by atoms with Crippen molar-refractivity contribution in [1.82, 2.24) is 5.16 Å². The van der Waals surface area contributed by atoms with Gasteiger partial charge in [-0.05, 0) is 25.2 Å². The molecule has 0 amide bonds. The molecule has 1 aromatic carbocycles. The molecule has 1 fully saturated rings. The lowest BCUT2D eigenvalue weighted by Crippen LogP contribution is -2.18. The van der Waals surface area contributed by atoms with Crippen molar-refractivity contribution in [2.45, 2.75) is 36.2 Å². The van der Waals surface area contributed by atoms with Gasteiger partial charge in [0.05, 0.1) is 34.4 Å². The summed E-state index contributed by atoms with van der Waals surface area (Å²) < 4.78 is 16.7. The summed E-state index contributed by atoms with van der Waals surface area (Å²) >= 11 is 8.17. The highest BCUT2D eigenvalue weighted by molar-refractivity contribution is 7.98. The SMILES string of the molecule is COC1CCOc2c(SC)cc(C(=O)c3cnoc3C3CC3)c(Cl)c21. The van der Waals surface area contributed by atoms with Crippen molar-refractivity contribution in [1.29, 1.82) is 0 Å². The molecule has 1 saturated carbocycles. The van der Waals surface area contributed by atoms with Crippen LogP contribution < -0.4 is 4.74 Å². The van der Waals surface area contributed by atoms with Crippen molar-refractivity contribution in [3.8, 4) is 5.75 Å². The quantitative estimate of drug-likeness (QED) is 0.557. The summed E-state index contributed by atoms with van der Waals surface area (Å²) in [6.07, 6.45) is 6.03. The number of ketones is 1. The van der Waals surface area contributed by atoms with E-state index in [-0.39, 0.29) is 11.9 Å². The van der Waals surface area contributed by atoms with Gasteiger partial charge < -0.3 is 14.0 Å². The Morgan fingerprint density at radius 1 is 1.36 bits per heavy atom. The number of rotatable bonds is 5. The van der Waals surface area contributed by atoms with Crippen molar-refractivity contribution < 1.29 is 18.8 Å². The van der Waals surface area contributed by atoms with Crippen LogP contribution in [-0.2, 0) is 4.74 Å². The summed E-state index contributed by atoms with van der Waals surface area (Å²) in [5.41, 5.74) is 1.71. The molecule has 1 aliphatic heterocycles. The van der Waals surface area contributed by atoms with Crippen LogP contribution in [0.5, 0.6) is 5.75 Å². The molecule has 0 N–H and O–H groups in total. The highest BCUT2D eigenvalue weighted by Gasteiger charge is 2.35. The number of hydrogen-bond acceptors (Lipinski definition) is 6. The Balaban J connectivity index is 1.84. The van der Waals surface area contributed by atoms with Gasteiger partial charge in [-0.2, -0.15) is 0 Å². The van der Waals surface area contributed by atoms with E-state index in [1.807, 2.05) is 6.26 Å². The minimum absolute atomic E-state index is 0.160. The second kappa shape index (κ2) is 6.67. The second-order valence-electron chi connectivity index (χ2n) is 6.25. The number of halogens is 1. The Hall–Kier alpha value is -1.50. The van der Waals surface area contributed by atoms with Gasteiger partial charge in [-0.25, -0.2) is 0 Å². The highest BCUT2D eigenvalue weighted by atomic mass is 35.5. The minimum Gasteiger partial charge on any atom is -0.492 e. The Morgan fingerprint density at radius 2 is 2.16 bits per heavy atom. The molecule has 0 saturated heterocycles. The molecule has 1 aliphatic carbocycles. The van der Waals surface area contributed by atoms with Gasteiger partial charge in [-0.15, -0.1) is 11.8 Å². The summed E-state index contributed by atoms with van der Waals surface area (Å²) in [4.78, 5) is 14.0. The molecule has 1 unspecified atom stereocenters. The maximum atomic E-state index is 13.2. The van der Waals surface area contributed by atoms with Gasteiger partial charge in [0.1, 0.15) is 5.75 Å². The average molecular weight is 380 g/mol. The van der Waals surface area contributed by atoms with Crippen LogP contribution in [0, 0.1) is 0 Å². The first kappa shape index (κ1) is 16.9. The van der Waals surface area contributed by atoms with E-state index in [1.54, 1.807) is 13.2 Å². The largest absolute Gasteiger partial charge is 0.492 e. The van der Waals surface area contributed by atoms with Gasteiger partial charge in [0.15, 0.2) is 11.5 Å². The molecule has 132 valence electrons. The monoisotopic (exact) mass is 379 g/mol. The van der Waals surface area contributed by atoms with E-state index < -0.39 is 0 Å². The van der Waals surface area contributed by atoms with E-state index in [0.29, 0.717) is 40.9 Å². The maximum absolute atomic E-state index is 13.2. The fourth-order valence-electron chi connectivity index (χ4n) is 3.24. The van der Waals surface area contributed by atoms with E-state index in [1.165, 1.54) is 18.0 Å². The Morgan fingerprint density at radius 3 is 2.84 bits per heavy atom. The summed E-state index contributed by atoms with van der Waals surface area (Å²) in [6.45, 7) is 0.570. The van der Waals surface area contributed by atoms with Crippen molar-refractivity contribution in [2.75, 3.05) is 20.0 Å². The zero-order valence-corrected chi connectivity index (χ0v) is 15.6. The highest BCUT2D eigenvalue weighted by Crippen LogP contribution is 2.47. The third-order valence-electron chi connectivity index (χ3n) is 4.71. The van der Waals surface area contributed by atoms with Gasteiger partial charge in [0.25, 0.3) is 0 Å². The van der Waals surface area contributed by atoms with Crippen LogP contribution in [0.3, 0.4) is 0 Å². The molecule has 0 radical (unpaired) electrons. The second-order valence-corrected chi connectivity index (χ2v) is 7.48. The molecule has 2 heterocycles. The molecular formula is C18H18ClNO4S. The zero-order valence-electron chi connectivity index (χ0n) is 14.0. The summed E-state index contributed by atoms with van der Waals surface area (Å²) in [7, 11) is 1.65. The number of hydrogen-bond donors (Lipinski definition) is 0. The standard InChI is InChI=1S/C18H18ClNO4S/c1-22-12-5-6-23-18-13(25-2)7-10(15(19)14(12)18)16(21)11-8-20-24-17(11)9-3-4-9/h7-9,12H,3-6H2,1-2H3. The minimum atomic E-state index is -0.180. The molecule has 2 aliphatic rings. The molecule has 2 aromatic rings. The van der Waals surface area contributed by atoms with Gasteiger partial charge in [0.2, 0.25) is 0 Å². The molecule has 1 atom stereocenters. The normalized spacial score (nSPS) is 19.4. The third kappa shape index (κ3) is 2.86. The van der Waals surface area contributed by atoms with Crippen molar-refractivity contribution in [3.63, 3.8) is 0 Å². The van der Waals surface area contributed by atoms with E-state index in [4.69, 9.17) is 25.6 Å². The van der Waals surface area contributed by atoms with Gasteiger partial charge in [-0.1, -0.05) is 16.8 Å². The number of ether oxygens (including phenoxy) is 2. The fourth-order valence-corrected chi connectivity index (χ4v) is 4.18. The first-order chi connectivity index (χ1) is 12.2. The maximum Gasteiger partial charge on any atom is 0.199 e. The van der Waals surface area contributed by atoms with Gasteiger partial charge >= 0.3 is 0 Å². The van der Waals surface area contributed by atoms with E-state index in [0.717, 1.165) is 29.1 Å². The molecule has 7 heteroatoms. The van der Waals surface area contributed by atoms with Crippen LogP contribution in [0.2, 0.25) is 5.02 Å². The molecule has 5 nitrogen and oxygen atoms in total. The number of benzene rings is 1. The molecular weight excluding hydrogens is 362 g/mol. The fraction of sp³-hybridized carbons (Fsp3) is 0.444. The first-order valence-electron chi connectivity index (χ1n) is 8.21. The number of aromatic nitrogens is 1. The molecule has 25 heavy (non-hydrogen) atoms. The van der Waals surface area contributed by atoms with Crippen molar-refractivity contribution in [2.24, 2.45) is 0 Å². The predicted octanol–water partition coefficient (Wildman–Crippen LogP) is 4.63. The van der Waals surface area contributed by atoms with Crippen LogP contribution in [0.25, 0.3) is 0 Å². The van der Waals surface area contributed by atoms with E-state index >= 15 is 0 Å². The summed E-state index contributed by atoms with van der Waals surface area (Å²) in [5, 5.41) is 4.22. The average Bonchev–Trinajstić information content (AvgIpc) is 3.37. The van der Waals surface area contributed by atoms with Crippen LogP contribution in [-0.4, -0.2) is 30.9 Å². The number of carbonyl (C=O) groups excluding carboxylic acids is 1.